The van der Waals surface area contributed by atoms with Crippen LogP contribution in [0.5, 0.6) is 0 Å². The summed E-state index contributed by atoms with van der Waals surface area (Å²) in [6.45, 7) is 0. The number of rotatable bonds is 0. The van der Waals surface area contributed by atoms with Crippen molar-refractivity contribution in [3.05, 3.63) is 0 Å². The summed E-state index contributed by atoms with van der Waals surface area (Å²) in [7, 11) is 0. The zero-order valence-electron chi connectivity index (χ0n) is 2.82. The van der Waals surface area contributed by atoms with Crippen molar-refractivity contribution >= 4 is 0 Å². The maximum atomic E-state index is 8.38. The third-order valence-electron chi connectivity index (χ3n) is 0. The molecule has 0 atom stereocenters. The van der Waals surface area contributed by atoms with Gasteiger partial charge >= 0.3 is 21.8 Å². The normalized spacial score (nSPS) is 1.00. The van der Waals surface area contributed by atoms with Gasteiger partial charge in [0.15, 0.2) is 0 Å². The largest absolute Gasteiger partial charge is 0 e. The van der Waals surface area contributed by atoms with Crippen molar-refractivity contribution in [3.63, 3.8) is 0 Å². The van der Waals surface area contributed by atoms with Crippen LogP contribution in [0.4, 0.5) is 0 Å². The third-order valence-corrected chi connectivity index (χ3v) is 0. The van der Waals surface area contributed by atoms with E-state index in [0.717, 1.165) is 0 Å². The molecule has 0 aromatic rings. The Hall–Kier alpha value is 0.967. The minimum atomic E-state index is 0. The molecule has 0 fully saturated rings. The second-order valence-corrected chi connectivity index (χ2v) is 0. The Morgan fingerprint density at radius 1 is 1.00 bits per heavy atom. The minimum Gasteiger partial charge on any atom is 0 e. The molecule has 0 spiro atoms. The molecule has 0 radical (unpaired) electrons. The van der Waals surface area contributed by atoms with Crippen LogP contribution in [-0.2, 0) is 41.3 Å². The van der Waals surface area contributed by atoms with Crippen molar-refractivity contribution in [2.75, 3.05) is 0 Å². The van der Waals surface area contributed by atoms with Gasteiger partial charge in [0.25, 0.3) is 0 Å². The Labute approximate surface area is 59.8 Å². The average Bonchev–Trinajstić information content (AvgIpc) is 1.00. The van der Waals surface area contributed by atoms with Gasteiger partial charge in [-0.15, -0.1) is 0 Å². The molecule has 0 bridgehead atoms. The Balaban J connectivity index is -0.000000000833. The van der Waals surface area contributed by atoms with Crippen LogP contribution >= 0.6 is 0 Å². The Morgan fingerprint density at radius 3 is 1.00 bits per heavy atom. The van der Waals surface area contributed by atoms with Crippen LogP contribution < -0.4 is 0 Å². The van der Waals surface area contributed by atoms with E-state index in [-0.39, 0.29) is 56.1 Å². The van der Waals surface area contributed by atoms with Crippen molar-refractivity contribution in [3.8, 4) is 0 Å². The molecule has 0 saturated heterocycles. The van der Waals surface area contributed by atoms with Crippen LogP contribution in [0.15, 0.2) is 0 Å². The van der Waals surface area contributed by atoms with E-state index >= 15 is 0 Å². The molecule has 0 aliphatic rings. The molecule has 0 aromatic carbocycles. The van der Waals surface area contributed by atoms with Gasteiger partial charge in [-0.2, -0.15) is 0 Å². The van der Waals surface area contributed by atoms with Gasteiger partial charge in [0.05, 0.1) is 0 Å². The molecule has 0 amide bonds. The van der Waals surface area contributed by atoms with Crippen LogP contribution in [-0.4, -0.2) is 11.0 Å². The summed E-state index contributed by atoms with van der Waals surface area (Å²) in [4.78, 5) is 0. The predicted octanol–water partition coefficient (Wildman–Crippen LogP) is -1.14. The smallest absolute Gasteiger partial charge is 0 e. The van der Waals surface area contributed by atoms with Crippen LogP contribution in [0.3, 0.4) is 0 Å². The molecule has 0 heterocycles. The molecule has 5 heteroatoms. The third kappa shape index (κ3) is 83.6. The molecule has 6 heavy (non-hydrogen) atoms. The fourth-order valence-corrected chi connectivity index (χ4v) is 0. The van der Waals surface area contributed by atoms with E-state index in [1.807, 2.05) is 0 Å². The zero-order valence-corrected chi connectivity index (χ0v) is 8.76. The topological polar surface area (TPSA) is 80.1 Å². The van der Waals surface area contributed by atoms with E-state index in [1.165, 1.54) is 0 Å². The first-order valence-corrected chi connectivity index (χ1v) is 1.50. The maximum absolute atomic E-state index is 8.38. The quantitative estimate of drug-likeness (QED) is 0.454. The number of hydrogen-bond donors (Lipinski definition) is 0. The van der Waals surface area contributed by atoms with Gasteiger partial charge in [-0.3, -0.25) is 0 Å². The molecule has 3 nitrogen and oxygen atoms in total. The van der Waals surface area contributed by atoms with Crippen molar-refractivity contribution < 1.29 is 52.3 Å². The Bertz CT molecular complexity index is 8.75. The molecular weight excluding hydrogens is 191 g/mol. The van der Waals surface area contributed by atoms with Gasteiger partial charge in [0.2, 0.25) is 0 Å². The van der Waals surface area contributed by atoms with Crippen LogP contribution in [0.2, 0.25) is 0 Å². The molecule has 0 aromatic heterocycles. The summed E-state index contributed by atoms with van der Waals surface area (Å²) in [5.41, 5.74) is 0. The van der Waals surface area contributed by atoms with Gasteiger partial charge in [0, 0.05) is 19.5 Å². The maximum Gasteiger partial charge on any atom is 0 e. The Morgan fingerprint density at radius 2 is 1.00 bits per heavy atom. The monoisotopic (exact) mass is 196 g/mol. The second-order valence-electron chi connectivity index (χ2n) is 0. The van der Waals surface area contributed by atoms with Crippen molar-refractivity contribution in [1.29, 1.82) is 0 Å². The van der Waals surface area contributed by atoms with Gasteiger partial charge < -0.3 is 11.0 Å². The molecule has 0 aliphatic heterocycles. The van der Waals surface area contributed by atoms with Crippen molar-refractivity contribution in [2.24, 2.45) is 0 Å². The summed E-state index contributed by atoms with van der Waals surface area (Å²) in [6.07, 6.45) is 0. The molecule has 34 valence electrons. The summed E-state index contributed by atoms with van der Waals surface area (Å²) in [5.74, 6) is 0. The predicted molar refractivity (Wildman–Crippen MR) is 14.6 cm³/mol. The first kappa shape index (κ1) is 64.1. The van der Waals surface area contributed by atoms with E-state index in [0.29, 0.717) is 0 Å². The van der Waals surface area contributed by atoms with E-state index in [9.17, 15) is 0 Å². The molecule has 0 aliphatic carbocycles. The second kappa shape index (κ2) is 157. The van der Waals surface area contributed by atoms with Gasteiger partial charge in [-0.1, -0.05) is 7.43 Å². The van der Waals surface area contributed by atoms with Crippen molar-refractivity contribution in [2.45, 2.75) is 7.43 Å². The van der Waals surface area contributed by atoms with E-state index < -0.39 is 0 Å². The van der Waals surface area contributed by atoms with Gasteiger partial charge in [-0.05, 0) is 0 Å². The molecule has 0 unspecified atom stereocenters. The summed E-state index contributed by atoms with van der Waals surface area (Å²) in [6, 6.07) is 0. The standard InChI is InChI=1S/CH4.2H2O.O.2Zn/h1H4;2*1H2;;;. The molecular formula is CH8O3Zn2. The summed E-state index contributed by atoms with van der Waals surface area (Å²) < 4.78 is 8.38. The van der Waals surface area contributed by atoms with E-state index in [1.54, 1.807) is 0 Å². The van der Waals surface area contributed by atoms with Gasteiger partial charge in [0.1, 0.15) is 0 Å². The van der Waals surface area contributed by atoms with E-state index in [4.69, 9.17) is 3.57 Å². The first-order valence-electron chi connectivity index (χ1n) is 0.289. The van der Waals surface area contributed by atoms with Crippen molar-refractivity contribution in [1.82, 2.24) is 0 Å². The van der Waals surface area contributed by atoms with Crippen LogP contribution in [0, 0.1) is 0 Å². The van der Waals surface area contributed by atoms with Gasteiger partial charge in [-0.25, -0.2) is 0 Å². The molecule has 4 N–H and O–H groups in total. The Kier molecular flexibility index (Phi) is 1680. The van der Waals surface area contributed by atoms with E-state index in [2.05, 4.69) is 0 Å². The average molecular weight is 199 g/mol. The summed E-state index contributed by atoms with van der Waals surface area (Å²) in [5, 5.41) is 0. The molecule has 0 saturated carbocycles. The minimum absolute atomic E-state index is 0. The SMILES string of the molecule is C.O.O.[O]=[Zn].[Zn]. The fourth-order valence-electron chi connectivity index (χ4n) is 0. The number of hydrogen-bond acceptors (Lipinski definition) is 1. The first-order chi connectivity index (χ1) is 1.00. The zero-order chi connectivity index (χ0) is 2.00. The van der Waals surface area contributed by atoms with Crippen LogP contribution in [0.1, 0.15) is 7.43 Å². The fraction of sp³-hybridized carbons (Fsp3) is 1.00. The summed E-state index contributed by atoms with van der Waals surface area (Å²) >= 11 is 0.125. The molecule has 0 rings (SSSR count). The van der Waals surface area contributed by atoms with Crippen LogP contribution in [0.25, 0.3) is 0 Å².